The lowest BCUT2D eigenvalue weighted by molar-refractivity contribution is 0.0974. The minimum Gasteiger partial charge on any atom is -0.378 e. The number of carbonyl (C=O) groups excluding carboxylic acids is 1. The maximum atomic E-state index is 13.2. The van der Waals surface area contributed by atoms with E-state index in [1.165, 1.54) is 0 Å². The number of fused-ring (bicyclic) bond motifs is 1. The molecule has 0 aliphatic carbocycles. The smallest absolute Gasteiger partial charge is 0.258 e. The van der Waals surface area contributed by atoms with Gasteiger partial charge in [-0.05, 0) is 61.4 Å². The van der Waals surface area contributed by atoms with Gasteiger partial charge in [0.2, 0.25) is 0 Å². The molecule has 4 rings (SSSR count). The van der Waals surface area contributed by atoms with Crippen LogP contribution in [0.25, 0.3) is 0 Å². The number of benzene rings is 3. The van der Waals surface area contributed by atoms with E-state index in [0.29, 0.717) is 10.6 Å². The molecule has 27 heavy (non-hydrogen) atoms. The second kappa shape index (κ2) is 7.45. The van der Waals surface area contributed by atoms with Crippen molar-refractivity contribution in [2.75, 3.05) is 10.2 Å². The second-order valence-electron chi connectivity index (χ2n) is 6.89. The highest BCUT2D eigenvalue weighted by atomic mass is 35.5. The lowest BCUT2D eigenvalue weighted by atomic mass is 9.90. The van der Waals surface area contributed by atoms with Gasteiger partial charge >= 0.3 is 0 Å². The zero-order valence-corrected chi connectivity index (χ0v) is 15.9. The van der Waals surface area contributed by atoms with Crippen molar-refractivity contribution in [3.8, 4) is 0 Å². The Morgan fingerprint density at radius 2 is 1.63 bits per heavy atom. The molecule has 0 unspecified atom stereocenters. The molecule has 136 valence electrons. The molecule has 1 N–H and O–H groups in total. The van der Waals surface area contributed by atoms with Crippen LogP contribution in [0, 0.1) is 0 Å². The fourth-order valence-electron chi connectivity index (χ4n) is 3.73. The van der Waals surface area contributed by atoms with Crippen molar-refractivity contribution >= 4 is 28.9 Å². The van der Waals surface area contributed by atoms with Gasteiger partial charge in [0, 0.05) is 28.0 Å². The van der Waals surface area contributed by atoms with E-state index in [-0.39, 0.29) is 18.0 Å². The molecule has 1 amide bonds. The van der Waals surface area contributed by atoms with E-state index >= 15 is 0 Å². The zero-order chi connectivity index (χ0) is 18.8. The third-order valence-electron chi connectivity index (χ3n) is 5.01. The van der Waals surface area contributed by atoms with Crippen LogP contribution in [-0.2, 0) is 0 Å². The van der Waals surface area contributed by atoms with Gasteiger partial charge in [0.25, 0.3) is 5.91 Å². The number of anilines is 2. The molecule has 1 aliphatic rings. The molecule has 3 nitrogen and oxygen atoms in total. The predicted octanol–water partition coefficient (Wildman–Crippen LogP) is 5.93. The number of nitrogens with zero attached hydrogens (tertiary/aromatic N) is 1. The molecule has 0 fully saturated rings. The normalized spacial score (nSPS) is 18.7. The van der Waals surface area contributed by atoms with E-state index in [9.17, 15) is 4.79 Å². The minimum atomic E-state index is 0.00442. The maximum absolute atomic E-state index is 13.2. The molecule has 0 saturated carbocycles. The number of amides is 1. The van der Waals surface area contributed by atoms with Gasteiger partial charge in [0.1, 0.15) is 0 Å². The lowest BCUT2D eigenvalue weighted by Gasteiger charge is -2.40. The van der Waals surface area contributed by atoms with E-state index in [1.807, 2.05) is 41.3 Å². The molecular formula is C23H21ClN2O. The number of hydrogen-bond donors (Lipinski definition) is 1. The summed E-state index contributed by atoms with van der Waals surface area (Å²) in [6.07, 6.45) is 0.839. The molecule has 4 heteroatoms. The van der Waals surface area contributed by atoms with Crippen molar-refractivity contribution in [1.82, 2.24) is 0 Å². The van der Waals surface area contributed by atoms with E-state index in [4.69, 9.17) is 11.6 Å². The fraction of sp³-hybridized carbons (Fsp3) is 0.174. The Morgan fingerprint density at radius 1 is 0.963 bits per heavy atom. The van der Waals surface area contributed by atoms with E-state index in [2.05, 4.69) is 30.4 Å². The van der Waals surface area contributed by atoms with Crippen LogP contribution in [-0.4, -0.2) is 11.9 Å². The Bertz CT molecular complexity index is 940. The van der Waals surface area contributed by atoms with Crippen LogP contribution in [0.3, 0.4) is 0 Å². The van der Waals surface area contributed by atoms with Gasteiger partial charge in [-0.3, -0.25) is 4.79 Å². The molecule has 1 aliphatic heterocycles. The average molecular weight is 377 g/mol. The highest BCUT2D eigenvalue weighted by molar-refractivity contribution is 6.30. The zero-order valence-electron chi connectivity index (χ0n) is 15.1. The summed E-state index contributed by atoms with van der Waals surface area (Å²) in [5.41, 5.74) is 3.84. The highest BCUT2D eigenvalue weighted by Crippen LogP contribution is 2.39. The van der Waals surface area contributed by atoms with Crippen molar-refractivity contribution in [1.29, 1.82) is 0 Å². The summed E-state index contributed by atoms with van der Waals surface area (Å²) in [6.45, 7) is 2.10. The standard InChI is InChI=1S/C23H21ClN2O/c1-16-15-21(25-19-7-3-2-4-8-19)20-9-5-6-10-22(20)26(16)23(27)17-11-13-18(24)14-12-17/h2-14,16,21,25H,15H2,1H3/t16-,21-/m0/s1. The number of rotatable bonds is 3. The van der Waals surface area contributed by atoms with Crippen molar-refractivity contribution in [2.24, 2.45) is 0 Å². The lowest BCUT2D eigenvalue weighted by Crippen LogP contribution is -2.44. The Hall–Kier alpha value is -2.78. The Morgan fingerprint density at radius 3 is 2.37 bits per heavy atom. The van der Waals surface area contributed by atoms with Crippen LogP contribution in [0.2, 0.25) is 5.02 Å². The van der Waals surface area contributed by atoms with E-state index in [1.54, 1.807) is 24.3 Å². The minimum absolute atomic E-state index is 0.00442. The molecule has 2 atom stereocenters. The third kappa shape index (κ3) is 3.56. The van der Waals surface area contributed by atoms with Gasteiger partial charge in [-0.15, -0.1) is 0 Å². The van der Waals surface area contributed by atoms with Crippen molar-refractivity contribution in [3.63, 3.8) is 0 Å². The number of nitrogens with one attached hydrogen (secondary N) is 1. The molecule has 0 saturated heterocycles. The van der Waals surface area contributed by atoms with Crippen molar-refractivity contribution in [3.05, 3.63) is 95.0 Å². The number of carbonyl (C=O) groups is 1. The first-order chi connectivity index (χ1) is 13.1. The summed E-state index contributed by atoms with van der Waals surface area (Å²) in [6, 6.07) is 25.7. The average Bonchev–Trinajstić information content (AvgIpc) is 2.69. The van der Waals surface area contributed by atoms with E-state index < -0.39 is 0 Å². The molecule has 0 aromatic heterocycles. The number of halogens is 1. The Balaban J connectivity index is 1.68. The quantitative estimate of drug-likeness (QED) is 0.614. The van der Waals surface area contributed by atoms with Gasteiger partial charge in [-0.1, -0.05) is 48.0 Å². The Labute approximate surface area is 164 Å². The fourth-order valence-corrected chi connectivity index (χ4v) is 3.85. The first-order valence-electron chi connectivity index (χ1n) is 9.13. The number of hydrogen-bond acceptors (Lipinski definition) is 2. The van der Waals surface area contributed by atoms with Crippen LogP contribution in [0.5, 0.6) is 0 Å². The van der Waals surface area contributed by atoms with Gasteiger partial charge in [-0.25, -0.2) is 0 Å². The number of para-hydroxylation sites is 2. The van der Waals surface area contributed by atoms with Gasteiger partial charge in [0.05, 0.1) is 6.04 Å². The van der Waals surface area contributed by atoms with Crippen LogP contribution in [0.4, 0.5) is 11.4 Å². The topological polar surface area (TPSA) is 32.3 Å². The predicted molar refractivity (Wildman–Crippen MR) is 112 cm³/mol. The molecule has 3 aromatic carbocycles. The van der Waals surface area contributed by atoms with Crippen LogP contribution < -0.4 is 10.2 Å². The third-order valence-corrected chi connectivity index (χ3v) is 5.27. The molecule has 0 bridgehead atoms. The van der Waals surface area contributed by atoms with Crippen LogP contribution >= 0.6 is 11.6 Å². The van der Waals surface area contributed by atoms with Crippen molar-refractivity contribution < 1.29 is 4.79 Å². The molecule has 0 spiro atoms. The summed E-state index contributed by atoms with van der Waals surface area (Å²) in [5, 5.41) is 4.25. The monoisotopic (exact) mass is 376 g/mol. The van der Waals surface area contributed by atoms with Gasteiger partial charge in [0.15, 0.2) is 0 Å². The first kappa shape index (κ1) is 17.6. The van der Waals surface area contributed by atoms with Gasteiger partial charge in [-0.2, -0.15) is 0 Å². The largest absolute Gasteiger partial charge is 0.378 e. The first-order valence-corrected chi connectivity index (χ1v) is 9.51. The summed E-state index contributed by atoms with van der Waals surface area (Å²) in [4.78, 5) is 15.1. The molecule has 0 radical (unpaired) electrons. The van der Waals surface area contributed by atoms with Gasteiger partial charge < -0.3 is 10.2 Å². The highest BCUT2D eigenvalue weighted by Gasteiger charge is 2.34. The summed E-state index contributed by atoms with van der Waals surface area (Å²) in [5.74, 6) is 0.00442. The van der Waals surface area contributed by atoms with Crippen molar-refractivity contribution in [2.45, 2.75) is 25.4 Å². The molecule has 3 aromatic rings. The maximum Gasteiger partial charge on any atom is 0.258 e. The molecular weight excluding hydrogens is 356 g/mol. The second-order valence-corrected chi connectivity index (χ2v) is 7.32. The van der Waals surface area contributed by atoms with Crippen LogP contribution in [0.15, 0.2) is 78.9 Å². The summed E-state index contributed by atoms with van der Waals surface area (Å²) >= 11 is 5.97. The SMILES string of the molecule is C[C@H]1C[C@H](Nc2ccccc2)c2ccccc2N1C(=O)c1ccc(Cl)cc1. The van der Waals surface area contributed by atoms with Crippen LogP contribution in [0.1, 0.15) is 35.3 Å². The summed E-state index contributed by atoms with van der Waals surface area (Å²) in [7, 11) is 0. The Kier molecular flexibility index (Phi) is 4.87. The van der Waals surface area contributed by atoms with E-state index in [0.717, 1.165) is 23.4 Å². The molecule has 1 heterocycles. The summed E-state index contributed by atoms with van der Waals surface area (Å²) < 4.78 is 0.